The van der Waals surface area contributed by atoms with Gasteiger partial charge in [-0.15, -0.1) is 0 Å². The number of rotatable bonds is 3. The van der Waals surface area contributed by atoms with E-state index in [1.165, 1.54) is 10.6 Å². The number of carbonyl (C=O) groups is 1. The third-order valence-electron chi connectivity index (χ3n) is 3.63. The quantitative estimate of drug-likeness (QED) is 0.725. The first-order valence-corrected chi connectivity index (χ1v) is 7.52. The molecule has 0 atom stereocenters. The predicted molar refractivity (Wildman–Crippen MR) is 90.1 cm³/mol. The fraction of sp³-hybridized carbons (Fsp3) is 0.188. The van der Waals surface area contributed by atoms with E-state index in [-0.39, 0.29) is 16.8 Å². The minimum atomic E-state index is -0.274. The van der Waals surface area contributed by atoms with E-state index >= 15 is 0 Å². The zero-order valence-electron chi connectivity index (χ0n) is 12.7. The molecule has 0 aliphatic rings. The maximum atomic E-state index is 12.4. The first-order valence-electron chi connectivity index (χ1n) is 7.14. The number of nitrogens with zero attached hydrogens (tertiary/aromatic N) is 2. The second kappa shape index (κ2) is 5.89. The van der Waals surface area contributed by atoms with E-state index in [4.69, 9.17) is 11.6 Å². The summed E-state index contributed by atoms with van der Waals surface area (Å²) in [6.45, 7) is 1.95. The van der Waals surface area contributed by atoms with Crippen molar-refractivity contribution in [3.63, 3.8) is 0 Å². The lowest BCUT2D eigenvalue weighted by Crippen LogP contribution is -2.13. The average molecular weight is 331 g/mol. The van der Waals surface area contributed by atoms with Crippen LogP contribution < -0.4 is 11.0 Å². The van der Waals surface area contributed by atoms with E-state index in [0.29, 0.717) is 17.7 Å². The van der Waals surface area contributed by atoms with Gasteiger partial charge in [0, 0.05) is 24.0 Å². The lowest BCUT2D eigenvalue weighted by Gasteiger charge is -2.07. The molecular formula is C16H15ClN4O2. The van der Waals surface area contributed by atoms with Crippen molar-refractivity contribution in [2.45, 2.75) is 13.3 Å². The molecule has 6 nitrogen and oxygen atoms in total. The molecule has 0 spiro atoms. The van der Waals surface area contributed by atoms with Crippen LogP contribution in [0.1, 0.15) is 23.0 Å². The number of aryl methyl sites for hydroxylation is 2. The van der Waals surface area contributed by atoms with Crippen molar-refractivity contribution < 1.29 is 4.79 Å². The van der Waals surface area contributed by atoms with E-state index in [2.05, 4.69) is 15.3 Å². The number of fused-ring (bicyclic) bond motifs is 1. The Hall–Kier alpha value is -2.60. The first-order chi connectivity index (χ1) is 11.0. The van der Waals surface area contributed by atoms with Crippen LogP contribution in [0, 0.1) is 0 Å². The van der Waals surface area contributed by atoms with Gasteiger partial charge < -0.3 is 10.3 Å². The summed E-state index contributed by atoms with van der Waals surface area (Å²) in [5, 5.41) is 3.10. The highest BCUT2D eigenvalue weighted by Gasteiger charge is 2.11. The molecule has 0 saturated carbocycles. The molecule has 0 radical (unpaired) electrons. The summed E-state index contributed by atoms with van der Waals surface area (Å²) < 4.78 is 1.49. The molecule has 2 aromatic heterocycles. The average Bonchev–Trinajstić information content (AvgIpc) is 2.81. The first kappa shape index (κ1) is 15.3. The number of amides is 1. The van der Waals surface area contributed by atoms with Crippen molar-refractivity contribution in [1.29, 1.82) is 0 Å². The van der Waals surface area contributed by atoms with E-state index < -0.39 is 0 Å². The van der Waals surface area contributed by atoms with Crippen molar-refractivity contribution in [3.05, 3.63) is 57.2 Å². The van der Waals surface area contributed by atoms with Crippen molar-refractivity contribution in [2.24, 2.45) is 7.05 Å². The molecule has 0 aliphatic heterocycles. The third kappa shape index (κ3) is 2.98. The molecule has 0 fully saturated rings. The number of halogens is 1. The normalized spacial score (nSPS) is 10.9. The molecule has 2 N–H and O–H groups in total. The largest absolute Gasteiger partial charge is 0.326 e. The summed E-state index contributed by atoms with van der Waals surface area (Å²) in [5.74, 6) is -0.274. The highest BCUT2D eigenvalue weighted by molar-refractivity contribution is 6.29. The zero-order chi connectivity index (χ0) is 16.6. The minimum absolute atomic E-state index is 0.197. The van der Waals surface area contributed by atoms with E-state index in [1.807, 2.05) is 6.92 Å². The Kier molecular flexibility index (Phi) is 3.92. The molecule has 0 bridgehead atoms. The smallest absolute Gasteiger partial charge is 0.322 e. The molecule has 1 amide bonds. The van der Waals surface area contributed by atoms with Crippen LogP contribution in [0.25, 0.3) is 11.0 Å². The molecule has 0 saturated heterocycles. The number of carbonyl (C=O) groups excluding carboxylic acids is 1. The number of pyridine rings is 1. The highest BCUT2D eigenvalue weighted by atomic mass is 35.5. The van der Waals surface area contributed by atoms with E-state index in [9.17, 15) is 9.59 Å². The maximum absolute atomic E-state index is 12.4. The number of hydrogen-bond donors (Lipinski definition) is 2. The number of anilines is 1. The molecule has 3 rings (SSSR count). The van der Waals surface area contributed by atoms with Gasteiger partial charge in [0.05, 0.1) is 11.0 Å². The van der Waals surface area contributed by atoms with Crippen molar-refractivity contribution >= 4 is 34.2 Å². The number of aromatic amines is 1. The van der Waals surface area contributed by atoms with E-state index in [0.717, 1.165) is 16.7 Å². The SMILES string of the molecule is CCc1cc(C(=O)Nc2ccc3[nH]c(=O)n(C)c3c2)cc(Cl)n1. The Morgan fingerprint density at radius 2 is 2.13 bits per heavy atom. The Morgan fingerprint density at radius 3 is 2.87 bits per heavy atom. The van der Waals surface area contributed by atoms with Crippen molar-refractivity contribution in [2.75, 3.05) is 5.32 Å². The third-order valence-corrected chi connectivity index (χ3v) is 3.83. The van der Waals surface area contributed by atoms with Crippen LogP contribution in [0.15, 0.2) is 35.1 Å². The van der Waals surface area contributed by atoms with Crippen LogP contribution in [-0.4, -0.2) is 20.4 Å². The van der Waals surface area contributed by atoms with Crippen molar-refractivity contribution in [1.82, 2.24) is 14.5 Å². The Morgan fingerprint density at radius 1 is 1.35 bits per heavy atom. The zero-order valence-corrected chi connectivity index (χ0v) is 13.4. The molecule has 0 unspecified atom stereocenters. The Balaban J connectivity index is 1.92. The van der Waals surface area contributed by atoms with Gasteiger partial charge in [-0.1, -0.05) is 18.5 Å². The summed E-state index contributed by atoms with van der Waals surface area (Å²) in [6, 6.07) is 8.48. The van der Waals surface area contributed by atoms with Crippen LogP contribution in [0.4, 0.5) is 5.69 Å². The second-order valence-corrected chi connectivity index (χ2v) is 5.59. The van der Waals surface area contributed by atoms with E-state index in [1.54, 1.807) is 31.3 Å². The molecule has 7 heteroatoms. The minimum Gasteiger partial charge on any atom is -0.322 e. The molecule has 2 heterocycles. The highest BCUT2D eigenvalue weighted by Crippen LogP contribution is 2.18. The number of imidazole rings is 1. The van der Waals surface area contributed by atoms with Gasteiger partial charge in [0.25, 0.3) is 5.91 Å². The maximum Gasteiger partial charge on any atom is 0.326 e. The fourth-order valence-corrected chi connectivity index (χ4v) is 2.59. The second-order valence-electron chi connectivity index (χ2n) is 5.20. The monoisotopic (exact) mass is 330 g/mol. The molecular weight excluding hydrogens is 316 g/mol. The summed E-state index contributed by atoms with van der Waals surface area (Å²) >= 11 is 5.94. The lowest BCUT2D eigenvalue weighted by molar-refractivity contribution is 0.102. The number of aromatic nitrogens is 3. The summed E-state index contributed by atoms with van der Waals surface area (Å²) in [4.78, 5) is 30.9. The summed E-state index contributed by atoms with van der Waals surface area (Å²) in [5.41, 5.74) is 3.04. The van der Waals surface area contributed by atoms with Gasteiger partial charge >= 0.3 is 5.69 Å². The predicted octanol–water partition coefficient (Wildman–Crippen LogP) is 2.73. The molecule has 0 aliphatic carbocycles. The van der Waals surface area contributed by atoms with Gasteiger partial charge in [-0.3, -0.25) is 9.36 Å². The van der Waals surface area contributed by atoms with Crippen LogP contribution in [0.3, 0.4) is 0 Å². The van der Waals surface area contributed by atoms with Crippen LogP contribution in [0.5, 0.6) is 0 Å². The van der Waals surface area contributed by atoms with Gasteiger partial charge in [-0.25, -0.2) is 9.78 Å². The van der Waals surface area contributed by atoms with Crippen LogP contribution in [-0.2, 0) is 13.5 Å². The molecule has 3 aromatic rings. The van der Waals surface area contributed by atoms with Gasteiger partial charge in [-0.2, -0.15) is 0 Å². The number of hydrogen-bond acceptors (Lipinski definition) is 3. The van der Waals surface area contributed by atoms with Crippen LogP contribution in [0.2, 0.25) is 5.15 Å². The van der Waals surface area contributed by atoms with Gasteiger partial charge in [0.2, 0.25) is 0 Å². The fourth-order valence-electron chi connectivity index (χ4n) is 2.37. The standard InChI is InChI=1S/C16H15ClN4O2/c1-3-10-6-9(7-14(17)18-10)15(22)19-11-4-5-12-13(8-11)21(2)16(23)20-12/h4-8H,3H2,1-2H3,(H,19,22)(H,20,23). The number of H-pyrrole nitrogens is 1. The van der Waals surface area contributed by atoms with Gasteiger partial charge in [0.15, 0.2) is 0 Å². The summed E-state index contributed by atoms with van der Waals surface area (Å²) in [7, 11) is 1.67. The van der Waals surface area contributed by atoms with Gasteiger partial charge in [-0.05, 0) is 36.8 Å². The molecule has 23 heavy (non-hydrogen) atoms. The number of benzene rings is 1. The molecule has 118 valence electrons. The van der Waals surface area contributed by atoms with Crippen molar-refractivity contribution in [3.8, 4) is 0 Å². The van der Waals surface area contributed by atoms with Crippen LogP contribution >= 0.6 is 11.6 Å². The number of nitrogens with one attached hydrogen (secondary N) is 2. The topological polar surface area (TPSA) is 79.8 Å². The lowest BCUT2D eigenvalue weighted by atomic mass is 10.2. The summed E-state index contributed by atoms with van der Waals surface area (Å²) in [6.07, 6.45) is 0.693. The molecule has 1 aromatic carbocycles. The Labute approximate surface area is 137 Å². The van der Waals surface area contributed by atoms with Gasteiger partial charge in [0.1, 0.15) is 5.15 Å². The Bertz CT molecular complexity index is 958.